The van der Waals surface area contributed by atoms with E-state index in [0.717, 1.165) is 8.57 Å². The van der Waals surface area contributed by atoms with Crippen molar-refractivity contribution in [3.8, 4) is 5.69 Å². The molecular weight excluding hydrogens is 389 g/mol. The first kappa shape index (κ1) is 13.2. The second-order valence-electron chi connectivity index (χ2n) is 3.90. The SMILES string of the molecule is O=C(Nc1cccc(-n2cnnn2)c1)c1csc(I)c1. The smallest absolute Gasteiger partial charge is 0.256 e. The Morgan fingerprint density at radius 3 is 2.95 bits per heavy atom. The first-order chi connectivity index (χ1) is 9.72. The predicted octanol–water partition coefficient (Wildman–Crippen LogP) is 2.58. The lowest BCUT2D eigenvalue weighted by atomic mass is 10.2. The number of carbonyl (C=O) groups excluding carboxylic acids is 1. The van der Waals surface area contributed by atoms with Crippen LogP contribution in [0.5, 0.6) is 0 Å². The maximum atomic E-state index is 12.1. The molecule has 0 fully saturated rings. The van der Waals surface area contributed by atoms with Crippen LogP contribution in [-0.4, -0.2) is 26.1 Å². The highest BCUT2D eigenvalue weighted by Gasteiger charge is 2.09. The molecule has 8 heteroatoms. The van der Waals surface area contributed by atoms with E-state index in [9.17, 15) is 4.79 Å². The molecule has 0 unspecified atom stereocenters. The van der Waals surface area contributed by atoms with Crippen LogP contribution in [0.1, 0.15) is 10.4 Å². The van der Waals surface area contributed by atoms with Crippen LogP contribution < -0.4 is 5.32 Å². The van der Waals surface area contributed by atoms with Gasteiger partial charge in [-0.2, -0.15) is 0 Å². The summed E-state index contributed by atoms with van der Waals surface area (Å²) in [5.41, 5.74) is 2.14. The molecular formula is C12H8IN5OS. The minimum absolute atomic E-state index is 0.127. The number of aromatic nitrogens is 4. The fraction of sp³-hybridized carbons (Fsp3) is 0. The van der Waals surface area contributed by atoms with Crippen LogP contribution >= 0.6 is 33.9 Å². The maximum Gasteiger partial charge on any atom is 0.256 e. The second-order valence-corrected chi connectivity index (χ2v) is 6.70. The Morgan fingerprint density at radius 2 is 2.25 bits per heavy atom. The van der Waals surface area contributed by atoms with Gasteiger partial charge in [-0.15, -0.1) is 16.4 Å². The van der Waals surface area contributed by atoms with Crippen molar-refractivity contribution >= 4 is 45.5 Å². The molecule has 20 heavy (non-hydrogen) atoms. The molecule has 0 spiro atoms. The Balaban J connectivity index is 1.81. The van der Waals surface area contributed by atoms with E-state index in [1.54, 1.807) is 0 Å². The van der Waals surface area contributed by atoms with Gasteiger partial charge in [-0.1, -0.05) is 6.07 Å². The van der Waals surface area contributed by atoms with Gasteiger partial charge in [0.05, 0.1) is 14.1 Å². The van der Waals surface area contributed by atoms with Crippen molar-refractivity contribution in [2.45, 2.75) is 0 Å². The van der Waals surface area contributed by atoms with Gasteiger partial charge in [-0.25, -0.2) is 4.68 Å². The number of nitrogens with one attached hydrogen (secondary N) is 1. The summed E-state index contributed by atoms with van der Waals surface area (Å²) < 4.78 is 2.61. The molecule has 0 saturated heterocycles. The summed E-state index contributed by atoms with van der Waals surface area (Å²) >= 11 is 3.73. The maximum absolute atomic E-state index is 12.1. The molecule has 0 saturated carbocycles. The number of tetrazole rings is 1. The third kappa shape index (κ3) is 2.85. The van der Waals surface area contributed by atoms with E-state index in [2.05, 4.69) is 43.4 Å². The Hall–Kier alpha value is -1.81. The first-order valence-corrected chi connectivity index (χ1v) is 7.57. The fourth-order valence-corrected chi connectivity index (χ4v) is 2.96. The molecule has 0 aliphatic carbocycles. The third-order valence-electron chi connectivity index (χ3n) is 2.55. The van der Waals surface area contributed by atoms with Crippen molar-refractivity contribution in [2.24, 2.45) is 0 Å². The van der Waals surface area contributed by atoms with Gasteiger partial charge in [0.25, 0.3) is 5.91 Å². The van der Waals surface area contributed by atoms with Crippen molar-refractivity contribution in [3.63, 3.8) is 0 Å². The van der Waals surface area contributed by atoms with Gasteiger partial charge in [0.1, 0.15) is 6.33 Å². The summed E-state index contributed by atoms with van der Waals surface area (Å²) in [6.07, 6.45) is 1.50. The summed E-state index contributed by atoms with van der Waals surface area (Å²) in [5.74, 6) is -0.127. The van der Waals surface area contributed by atoms with Crippen LogP contribution in [0.25, 0.3) is 5.69 Å². The Bertz CT molecular complexity index is 740. The van der Waals surface area contributed by atoms with Gasteiger partial charge in [-0.3, -0.25) is 4.79 Å². The van der Waals surface area contributed by atoms with E-state index in [1.165, 1.54) is 22.3 Å². The van der Waals surface area contributed by atoms with Crippen LogP contribution in [-0.2, 0) is 0 Å². The molecule has 0 aliphatic rings. The largest absolute Gasteiger partial charge is 0.322 e. The van der Waals surface area contributed by atoms with Gasteiger partial charge >= 0.3 is 0 Å². The van der Waals surface area contributed by atoms with Crippen molar-refractivity contribution in [1.82, 2.24) is 20.2 Å². The number of thiophene rings is 1. The highest BCUT2D eigenvalue weighted by Crippen LogP contribution is 2.19. The highest BCUT2D eigenvalue weighted by atomic mass is 127. The zero-order valence-electron chi connectivity index (χ0n) is 10.0. The van der Waals surface area contributed by atoms with E-state index in [0.29, 0.717) is 11.3 Å². The van der Waals surface area contributed by atoms with E-state index < -0.39 is 0 Å². The average Bonchev–Trinajstić information content (AvgIpc) is 3.10. The van der Waals surface area contributed by atoms with Crippen LogP contribution in [0.4, 0.5) is 5.69 Å². The lowest BCUT2D eigenvalue weighted by Gasteiger charge is -2.06. The molecule has 3 rings (SSSR count). The van der Waals surface area contributed by atoms with Gasteiger partial charge < -0.3 is 5.32 Å². The lowest BCUT2D eigenvalue weighted by molar-refractivity contribution is 0.102. The molecule has 3 aromatic rings. The van der Waals surface area contributed by atoms with Crippen molar-refractivity contribution in [1.29, 1.82) is 0 Å². The zero-order valence-corrected chi connectivity index (χ0v) is 13.0. The van der Waals surface area contributed by atoms with E-state index >= 15 is 0 Å². The van der Waals surface area contributed by atoms with Crippen molar-refractivity contribution in [3.05, 3.63) is 50.5 Å². The van der Waals surface area contributed by atoms with Crippen molar-refractivity contribution < 1.29 is 4.79 Å². The van der Waals surface area contributed by atoms with E-state index in [4.69, 9.17) is 0 Å². The van der Waals surface area contributed by atoms with Gasteiger partial charge in [0.15, 0.2) is 0 Å². The second kappa shape index (κ2) is 5.67. The minimum Gasteiger partial charge on any atom is -0.322 e. The molecule has 2 heterocycles. The number of hydrogen-bond donors (Lipinski definition) is 1. The number of anilines is 1. The molecule has 6 nitrogen and oxygen atoms in total. The van der Waals surface area contributed by atoms with Crippen LogP contribution in [0.2, 0.25) is 0 Å². The number of benzene rings is 1. The fourth-order valence-electron chi connectivity index (χ4n) is 1.64. The summed E-state index contributed by atoms with van der Waals surface area (Å²) in [6.45, 7) is 0. The molecule has 1 N–H and O–H groups in total. The minimum atomic E-state index is -0.127. The normalized spacial score (nSPS) is 10.4. The summed E-state index contributed by atoms with van der Waals surface area (Å²) in [6, 6.07) is 9.18. The number of halogens is 1. The first-order valence-electron chi connectivity index (χ1n) is 5.61. The standard InChI is InChI=1S/C12H8IN5OS/c13-11-4-8(6-20-11)12(19)15-9-2-1-3-10(5-9)18-7-14-16-17-18/h1-7H,(H,15,19). The highest BCUT2D eigenvalue weighted by molar-refractivity contribution is 14.1. The summed E-state index contributed by atoms with van der Waals surface area (Å²) in [5, 5.41) is 15.7. The van der Waals surface area contributed by atoms with Crippen LogP contribution in [0.15, 0.2) is 42.0 Å². The molecule has 0 aliphatic heterocycles. The van der Waals surface area contributed by atoms with Crippen LogP contribution in [0.3, 0.4) is 0 Å². The monoisotopic (exact) mass is 397 g/mol. The topological polar surface area (TPSA) is 72.7 Å². The van der Waals surface area contributed by atoms with Gasteiger partial charge in [0, 0.05) is 11.1 Å². The zero-order chi connectivity index (χ0) is 13.9. The number of carbonyl (C=O) groups is 1. The van der Waals surface area contributed by atoms with Crippen molar-refractivity contribution in [2.75, 3.05) is 5.32 Å². The number of nitrogens with zero attached hydrogens (tertiary/aromatic N) is 4. The predicted molar refractivity (Wildman–Crippen MR) is 84.1 cm³/mol. The molecule has 2 aromatic heterocycles. The quantitative estimate of drug-likeness (QED) is 0.690. The van der Waals surface area contributed by atoms with Gasteiger partial charge in [-0.05, 0) is 57.3 Å². The lowest BCUT2D eigenvalue weighted by Crippen LogP contribution is -2.11. The molecule has 100 valence electrons. The average molecular weight is 397 g/mol. The molecule has 0 bridgehead atoms. The number of rotatable bonds is 3. The number of hydrogen-bond acceptors (Lipinski definition) is 5. The molecule has 0 radical (unpaired) electrons. The van der Waals surface area contributed by atoms with E-state index in [-0.39, 0.29) is 5.91 Å². The summed E-state index contributed by atoms with van der Waals surface area (Å²) in [7, 11) is 0. The molecule has 1 amide bonds. The number of amides is 1. The Labute approximate surface area is 132 Å². The van der Waals surface area contributed by atoms with Gasteiger partial charge in [0.2, 0.25) is 0 Å². The molecule has 0 atom stereocenters. The summed E-state index contributed by atoms with van der Waals surface area (Å²) in [4.78, 5) is 12.1. The van der Waals surface area contributed by atoms with E-state index in [1.807, 2.05) is 35.7 Å². The molecule has 1 aromatic carbocycles. The Kier molecular flexibility index (Phi) is 3.74. The Morgan fingerprint density at radius 1 is 1.35 bits per heavy atom. The van der Waals surface area contributed by atoms with Crippen LogP contribution in [0, 0.1) is 2.88 Å². The third-order valence-corrected chi connectivity index (χ3v) is 4.34.